The lowest BCUT2D eigenvalue weighted by Gasteiger charge is -2.02. The standard InChI is InChI=1S/C6H8ClF3/c7-2-1-4-3-5(4)6(8,9)10/h4-5H,1-3H2. The molecule has 0 radical (unpaired) electrons. The summed E-state index contributed by atoms with van der Waals surface area (Å²) in [7, 11) is 0. The summed E-state index contributed by atoms with van der Waals surface area (Å²) in [5, 5.41) is 0. The molecule has 1 aliphatic rings. The van der Waals surface area contributed by atoms with Gasteiger partial charge in [0.15, 0.2) is 0 Å². The third-order valence-corrected chi connectivity index (χ3v) is 2.04. The zero-order valence-corrected chi connectivity index (χ0v) is 6.04. The Kier molecular flexibility index (Phi) is 2.13. The van der Waals surface area contributed by atoms with Crippen LogP contribution in [0.3, 0.4) is 0 Å². The molecule has 10 heavy (non-hydrogen) atoms. The van der Waals surface area contributed by atoms with Crippen LogP contribution in [0.15, 0.2) is 0 Å². The molecule has 2 unspecified atom stereocenters. The first-order chi connectivity index (χ1) is 4.55. The first kappa shape index (κ1) is 8.18. The fourth-order valence-corrected chi connectivity index (χ4v) is 1.39. The van der Waals surface area contributed by atoms with Gasteiger partial charge in [0.25, 0.3) is 0 Å². The molecule has 1 aliphatic carbocycles. The van der Waals surface area contributed by atoms with Crippen LogP contribution in [0.5, 0.6) is 0 Å². The summed E-state index contributed by atoms with van der Waals surface area (Å²) in [6.45, 7) is 0. The van der Waals surface area contributed by atoms with E-state index in [-0.39, 0.29) is 12.3 Å². The van der Waals surface area contributed by atoms with Crippen LogP contribution in [0.4, 0.5) is 13.2 Å². The maximum atomic E-state index is 11.8. The summed E-state index contributed by atoms with van der Waals surface area (Å²) in [5.41, 5.74) is 0. The minimum absolute atomic E-state index is 0.183. The highest BCUT2D eigenvalue weighted by Crippen LogP contribution is 2.51. The van der Waals surface area contributed by atoms with E-state index in [1.54, 1.807) is 0 Å². The molecule has 0 aromatic heterocycles. The Morgan fingerprint density at radius 3 is 2.30 bits per heavy atom. The maximum absolute atomic E-state index is 11.8. The normalized spacial score (nSPS) is 32.4. The smallest absolute Gasteiger partial charge is 0.171 e. The zero-order valence-electron chi connectivity index (χ0n) is 5.29. The molecule has 0 nitrogen and oxygen atoms in total. The van der Waals surface area contributed by atoms with Gasteiger partial charge >= 0.3 is 6.18 Å². The van der Waals surface area contributed by atoms with Gasteiger partial charge in [0.2, 0.25) is 0 Å². The molecule has 1 fully saturated rings. The van der Waals surface area contributed by atoms with Crippen molar-refractivity contribution >= 4 is 11.6 Å². The second-order valence-corrected chi connectivity index (χ2v) is 3.00. The Bertz CT molecular complexity index is 121. The number of hydrogen-bond donors (Lipinski definition) is 0. The van der Waals surface area contributed by atoms with Crippen molar-refractivity contribution in [3.63, 3.8) is 0 Å². The lowest BCUT2D eigenvalue weighted by Crippen LogP contribution is -2.11. The number of hydrogen-bond acceptors (Lipinski definition) is 0. The van der Waals surface area contributed by atoms with Gasteiger partial charge in [-0.1, -0.05) is 0 Å². The van der Waals surface area contributed by atoms with Crippen molar-refractivity contribution in [1.29, 1.82) is 0 Å². The molecule has 0 N–H and O–H groups in total. The van der Waals surface area contributed by atoms with E-state index in [1.807, 2.05) is 0 Å². The van der Waals surface area contributed by atoms with E-state index >= 15 is 0 Å². The van der Waals surface area contributed by atoms with Gasteiger partial charge in [-0.25, -0.2) is 0 Å². The first-order valence-corrected chi connectivity index (χ1v) is 3.72. The molecular weight excluding hydrogens is 165 g/mol. The highest BCUT2D eigenvalue weighted by molar-refractivity contribution is 6.17. The summed E-state index contributed by atoms with van der Waals surface area (Å²) in [4.78, 5) is 0. The van der Waals surface area contributed by atoms with Gasteiger partial charge in [-0.15, -0.1) is 11.6 Å². The van der Waals surface area contributed by atoms with Crippen LogP contribution in [0.1, 0.15) is 12.8 Å². The third-order valence-electron chi connectivity index (χ3n) is 1.82. The second-order valence-electron chi connectivity index (χ2n) is 2.62. The van der Waals surface area contributed by atoms with E-state index < -0.39 is 12.1 Å². The molecule has 0 aromatic carbocycles. The molecule has 0 bridgehead atoms. The summed E-state index contributed by atoms with van der Waals surface area (Å²) < 4.78 is 35.3. The molecule has 2 atom stereocenters. The summed E-state index contributed by atoms with van der Waals surface area (Å²) in [5.74, 6) is -0.888. The number of alkyl halides is 4. The average Bonchev–Trinajstić information content (AvgIpc) is 2.44. The zero-order chi connectivity index (χ0) is 7.78. The quantitative estimate of drug-likeness (QED) is 0.562. The SMILES string of the molecule is FC(F)(F)C1CC1CCCl. The van der Waals surface area contributed by atoms with Crippen LogP contribution >= 0.6 is 11.6 Å². The lowest BCUT2D eigenvalue weighted by atomic mass is 10.2. The Hall–Kier alpha value is 0.0800. The molecule has 1 rings (SSSR count). The third kappa shape index (κ3) is 1.78. The van der Waals surface area contributed by atoms with Crippen molar-refractivity contribution < 1.29 is 13.2 Å². The lowest BCUT2D eigenvalue weighted by molar-refractivity contribution is -0.150. The van der Waals surface area contributed by atoms with Crippen LogP contribution in [0.25, 0.3) is 0 Å². The predicted octanol–water partition coefficient (Wildman–Crippen LogP) is 2.81. The highest BCUT2D eigenvalue weighted by Gasteiger charge is 2.54. The average molecular weight is 173 g/mol. The van der Waals surface area contributed by atoms with Gasteiger partial charge in [-0.05, 0) is 18.8 Å². The Morgan fingerprint density at radius 1 is 1.40 bits per heavy atom. The topological polar surface area (TPSA) is 0 Å². The van der Waals surface area contributed by atoms with Gasteiger partial charge in [-0.3, -0.25) is 0 Å². The van der Waals surface area contributed by atoms with Crippen molar-refractivity contribution in [3.05, 3.63) is 0 Å². The van der Waals surface area contributed by atoms with Crippen LogP contribution in [0, 0.1) is 11.8 Å². The van der Waals surface area contributed by atoms with Gasteiger partial charge in [0.05, 0.1) is 5.92 Å². The molecular formula is C6H8ClF3. The van der Waals surface area contributed by atoms with Crippen molar-refractivity contribution in [3.8, 4) is 0 Å². The summed E-state index contributed by atoms with van der Waals surface area (Å²) in [6.07, 6.45) is -3.18. The van der Waals surface area contributed by atoms with Crippen molar-refractivity contribution in [2.45, 2.75) is 19.0 Å². The molecule has 0 saturated heterocycles. The van der Waals surface area contributed by atoms with E-state index in [0.717, 1.165) is 0 Å². The Labute approximate surface area is 62.4 Å². The molecule has 0 heterocycles. The fraction of sp³-hybridized carbons (Fsp3) is 1.00. The highest BCUT2D eigenvalue weighted by atomic mass is 35.5. The minimum Gasteiger partial charge on any atom is -0.171 e. The van der Waals surface area contributed by atoms with Gasteiger partial charge < -0.3 is 0 Å². The van der Waals surface area contributed by atoms with E-state index in [2.05, 4.69) is 0 Å². The fourth-order valence-electron chi connectivity index (χ4n) is 1.11. The Morgan fingerprint density at radius 2 is 2.00 bits per heavy atom. The van der Waals surface area contributed by atoms with Gasteiger partial charge in [0.1, 0.15) is 0 Å². The van der Waals surface area contributed by atoms with Crippen LogP contribution in [-0.2, 0) is 0 Å². The van der Waals surface area contributed by atoms with E-state index in [9.17, 15) is 13.2 Å². The molecule has 0 spiro atoms. The van der Waals surface area contributed by atoms with Gasteiger partial charge in [-0.2, -0.15) is 13.2 Å². The monoisotopic (exact) mass is 172 g/mol. The largest absolute Gasteiger partial charge is 0.392 e. The predicted molar refractivity (Wildman–Crippen MR) is 33.0 cm³/mol. The first-order valence-electron chi connectivity index (χ1n) is 3.18. The number of rotatable bonds is 2. The summed E-state index contributed by atoms with van der Waals surface area (Å²) >= 11 is 5.28. The molecule has 0 aromatic rings. The summed E-state index contributed by atoms with van der Waals surface area (Å²) in [6, 6.07) is 0. The number of halogens is 4. The second kappa shape index (κ2) is 2.61. The van der Waals surface area contributed by atoms with Crippen LogP contribution in [-0.4, -0.2) is 12.1 Å². The van der Waals surface area contributed by atoms with Gasteiger partial charge in [0, 0.05) is 5.88 Å². The van der Waals surface area contributed by atoms with Crippen LogP contribution in [0.2, 0.25) is 0 Å². The molecule has 0 aliphatic heterocycles. The molecule has 1 saturated carbocycles. The van der Waals surface area contributed by atoms with E-state index in [1.165, 1.54) is 0 Å². The maximum Gasteiger partial charge on any atom is 0.392 e. The van der Waals surface area contributed by atoms with E-state index in [0.29, 0.717) is 12.3 Å². The van der Waals surface area contributed by atoms with Crippen molar-refractivity contribution in [1.82, 2.24) is 0 Å². The van der Waals surface area contributed by atoms with Crippen molar-refractivity contribution in [2.24, 2.45) is 11.8 Å². The van der Waals surface area contributed by atoms with Crippen LogP contribution < -0.4 is 0 Å². The molecule has 4 heteroatoms. The van der Waals surface area contributed by atoms with E-state index in [4.69, 9.17) is 11.6 Å². The molecule has 60 valence electrons. The van der Waals surface area contributed by atoms with Crippen molar-refractivity contribution in [2.75, 3.05) is 5.88 Å². The minimum atomic E-state index is -3.98. The Balaban J connectivity index is 2.25. The molecule has 0 amide bonds.